The van der Waals surface area contributed by atoms with Crippen LogP contribution in [0.5, 0.6) is 5.75 Å². The number of benzene rings is 1. The Hall–Kier alpha value is -1.02. The number of hydrogen-bond acceptors (Lipinski definition) is 2. The Morgan fingerprint density at radius 1 is 1.33 bits per heavy atom. The van der Waals surface area contributed by atoms with Crippen molar-refractivity contribution in [1.29, 1.82) is 0 Å². The molecule has 15 heavy (non-hydrogen) atoms. The van der Waals surface area contributed by atoms with E-state index in [1.54, 1.807) is 6.07 Å². The standard InChI is InChI=1S/C13H19NO/c1-9-4-5-11(15)10(8-9)13(6-7-13)12(2,3)14/h4-5,8,15H,6-7,14H2,1-3H3. The summed E-state index contributed by atoms with van der Waals surface area (Å²) in [6, 6.07) is 5.77. The highest BCUT2D eigenvalue weighted by Gasteiger charge is 2.54. The predicted octanol–water partition coefficient (Wildman–Crippen LogP) is 2.47. The number of hydrogen-bond donors (Lipinski definition) is 2. The number of aromatic hydroxyl groups is 1. The molecule has 0 heterocycles. The van der Waals surface area contributed by atoms with Crippen LogP contribution in [0.1, 0.15) is 37.8 Å². The molecule has 1 saturated carbocycles. The largest absolute Gasteiger partial charge is 0.508 e. The quantitative estimate of drug-likeness (QED) is 0.779. The van der Waals surface area contributed by atoms with Crippen molar-refractivity contribution in [2.24, 2.45) is 5.73 Å². The Labute approximate surface area is 91.1 Å². The average Bonchev–Trinajstić information content (AvgIpc) is 2.88. The van der Waals surface area contributed by atoms with Crippen LogP contribution in [0.2, 0.25) is 0 Å². The molecule has 0 aliphatic heterocycles. The van der Waals surface area contributed by atoms with Crippen molar-refractivity contribution in [3.05, 3.63) is 29.3 Å². The monoisotopic (exact) mass is 205 g/mol. The topological polar surface area (TPSA) is 46.2 Å². The first-order valence-corrected chi connectivity index (χ1v) is 5.46. The number of nitrogens with two attached hydrogens (primary N) is 1. The summed E-state index contributed by atoms with van der Waals surface area (Å²) in [5, 5.41) is 9.92. The highest BCUT2D eigenvalue weighted by Crippen LogP contribution is 2.56. The molecule has 0 atom stereocenters. The molecule has 0 radical (unpaired) electrons. The van der Waals surface area contributed by atoms with Crippen LogP contribution in [0.4, 0.5) is 0 Å². The fourth-order valence-corrected chi connectivity index (χ4v) is 2.42. The lowest BCUT2D eigenvalue weighted by atomic mass is 9.78. The van der Waals surface area contributed by atoms with Crippen LogP contribution in [0.3, 0.4) is 0 Å². The Bertz CT molecular complexity index is 386. The van der Waals surface area contributed by atoms with Crippen LogP contribution in [0.25, 0.3) is 0 Å². The Kier molecular flexibility index (Phi) is 2.09. The molecule has 0 unspecified atom stereocenters. The summed E-state index contributed by atoms with van der Waals surface area (Å²) in [7, 11) is 0. The number of aryl methyl sites for hydroxylation is 1. The van der Waals surface area contributed by atoms with E-state index < -0.39 is 0 Å². The molecule has 2 rings (SSSR count). The number of rotatable bonds is 2. The van der Waals surface area contributed by atoms with Gasteiger partial charge >= 0.3 is 0 Å². The van der Waals surface area contributed by atoms with Gasteiger partial charge in [-0.25, -0.2) is 0 Å². The van der Waals surface area contributed by atoms with Gasteiger partial charge in [0.2, 0.25) is 0 Å². The Morgan fingerprint density at radius 3 is 2.40 bits per heavy atom. The van der Waals surface area contributed by atoms with Crippen LogP contribution in [-0.2, 0) is 5.41 Å². The first kappa shape index (κ1) is 10.5. The van der Waals surface area contributed by atoms with Crippen molar-refractivity contribution in [3.63, 3.8) is 0 Å². The molecule has 2 nitrogen and oxygen atoms in total. The maximum Gasteiger partial charge on any atom is 0.119 e. The molecule has 1 aromatic carbocycles. The minimum absolute atomic E-state index is 0.0108. The lowest BCUT2D eigenvalue weighted by Gasteiger charge is -2.32. The van der Waals surface area contributed by atoms with Gasteiger partial charge in [-0.05, 0) is 39.7 Å². The third kappa shape index (κ3) is 1.53. The van der Waals surface area contributed by atoms with Gasteiger partial charge in [0.05, 0.1) is 0 Å². The Balaban J connectivity index is 2.50. The van der Waals surface area contributed by atoms with Gasteiger partial charge in [0.25, 0.3) is 0 Å². The second-order valence-electron chi connectivity index (χ2n) is 5.32. The molecule has 82 valence electrons. The first-order valence-electron chi connectivity index (χ1n) is 5.46. The van der Waals surface area contributed by atoms with Crippen LogP contribution < -0.4 is 5.73 Å². The number of phenols is 1. The summed E-state index contributed by atoms with van der Waals surface area (Å²) in [6.45, 7) is 6.13. The van der Waals surface area contributed by atoms with E-state index in [2.05, 4.69) is 6.07 Å². The summed E-state index contributed by atoms with van der Waals surface area (Å²) in [6.07, 6.45) is 2.15. The summed E-state index contributed by atoms with van der Waals surface area (Å²) in [5.74, 6) is 0.386. The summed E-state index contributed by atoms with van der Waals surface area (Å²) in [5.41, 5.74) is 8.14. The van der Waals surface area contributed by atoms with Crippen molar-refractivity contribution in [2.45, 2.75) is 44.6 Å². The van der Waals surface area contributed by atoms with E-state index in [1.807, 2.05) is 26.8 Å². The minimum Gasteiger partial charge on any atom is -0.508 e. The van der Waals surface area contributed by atoms with Crippen molar-refractivity contribution in [2.75, 3.05) is 0 Å². The maximum absolute atomic E-state index is 9.92. The van der Waals surface area contributed by atoms with Crippen LogP contribution in [0.15, 0.2) is 18.2 Å². The third-order valence-electron chi connectivity index (χ3n) is 3.65. The lowest BCUT2D eigenvalue weighted by molar-refractivity contribution is 0.372. The van der Waals surface area contributed by atoms with E-state index in [-0.39, 0.29) is 11.0 Å². The summed E-state index contributed by atoms with van der Waals surface area (Å²) in [4.78, 5) is 0. The second-order valence-corrected chi connectivity index (χ2v) is 5.32. The SMILES string of the molecule is Cc1ccc(O)c(C2(C(C)(C)N)CC2)c1. The molecular weight excluding hydrogens is 186 g/mol. The molecule has 0 bridgehead atoms. The zero-order chi connectivity index (χ0) is 11.3. The van der Waals surface area contributed by atoms with E-state index in [1.165, 1.54) is 5.56 Å². The van der Waals surface area contributed by atoms with E-state index in [0.717, 1.165) is 18.4 Å². The predicted molar refractivity (Wildman–Crippen MR) is 62.0 cm³/mol. The van der Waals surface area contributed by atoms with Crippen molar-refractivity contribution < 1.29 is 5.11 Å². The summed E-state index contributed by atoms with van der Waals surface area (Å²) >= 11 is 0. The molecule has 0 saturated heterocycles. The Morgan fingerprint density at radius 2 is 1.93 bits per heavy atom. The van der Waals surface area contributed by atoms with Gasteiger partial charge in [-0.3, -0.25) is 0 Å². The highest BCUT2D eigenvalue weighted by molar-refractivity contribution is 5.47. The highest BCUT2D eigenvalue weighted by atomic mass is 16.3. The smallest absolute Gasteiger partial charge is 0.119 e. The zero-order valence-electron chi connectivity index (χ0n) is 9.67. The molecule has 1 aliphatic rings. The van der Waals surface area contributed by atoms with Gasteiger partial charge in [-0.2, -0.15) is 0 Å². The third-order valence-corrected chi connectivity index (χ3v) is 3.65. The van der Waals surface area contributed by atoms with Gasteiger partial charge in [0, 0.05) is 16.5 Å². The van der Waals surface area contributed by atoms with Crippen LogP contribution >= 0.6 is 0 Å². The molecular formula is C13H19NO. The second kappa shape index (κ2) is 2.99. The molecule has 2 heteroatoms. The molecule has 1 fully saturated rings. The maximum atomic E-state index is 9.92. The number of phenolic OH excluding ortho intramolecular Hbond substituents is 1. The molecule has 1 aliphatic carbocycles. The van der Waals surface area contributed by atoms with Crippen LogP contribution in [-0.4, -0.2) is 10.6 Å². The van der Waals surface area contributed by atoms with E-state index in [0.29, 0.717) is 5.75 Å². The van der Waals surface area contributed by atoms with Crippen molar-refractivity contribution >= 4 is 0 Å². The van der Waals surface area contributed by atoms with E-state index in [4.69, 9.17) is 5.73 Å². The van der Waals surface area contributed by atoms with Gasteiger partial charge in [0.1, 0.15) is 5.75 Å². The van der Waals surface area contributed by atoms with Crippen molar-refractivity contribution in [3.8, 4) is 5.75 Å². The summed E-state index contributed by atoms with van der Waals surface area (Å²) < 4.78 is 0. The minimum atomic E-state index is -0.266. The van der Waals surface area contributed by atoms with Gasteiger partial charge in [-0.1, -0.05) is 17.7 Å². The first-order chi connectivity index (χ1) is 6.87. The van der Waals surface area contributed by atoms with Gasteiger partial charge in [-0.15, -0.1) is 0 Å². The van der Waals surface area contributed by atoms with Crippen LogP contribution in [0, 0.1) is 6.92 Å². The van der Waals surface area contributed by atoms with Gasteiger partial charge < -0.3 is 10.8 Å². The molecule has 3 N–H and O–H groups in total. The fraction of sp³-hybridized carbons (Fsp3) is 0.538. The molecule has 0 aromatic heterocycles. The zero-order valence-corrected chi connectivity index (χ0v) is 9.67. The molecule has 0 spiro atoms. The normalized spacial score (nSPS) is 18.9. The average molecular weight is 205 g/mol. The van der Waals surface area contributed by atoms with E-state index in [9.17, 15) is 5.11 Å². The lowest BCUT2D eigenvalue weighted by Crippen LogP contribution is -2.45. The van der Waals surface area contributed by atoms with Crippen molar-refractivity contribution in [1.82, 2.24) is 0 Å². The molecule has 0 amide bonds. The fourth-order valence-electron chi connectivity index (χ4n) is 2.42. The van der Waals surface area contributed by atoms with Gasteiger partial charge in [0.15, 0.2) is 0 Å². The molecule has 1 aromatic rings. The van der Waals surface area contributed by atoms with E-state index >= 15 is 0 Å².